The van der Waals surface area contributed by atoms with E-state index in [-0.39, 0.29) is 24.3 Å². The van der Waals surface area contributed by atoms with Crippen molar-refractivity contribution >= 4 is 11.8 Å². The molecule has 84 valence electrons. The normalized spacial score (nSPS) is 38.1. The van der Waals surface area contributed by atoms with Crippen molar-refractivity contribution in [3.8, 4) is 0 Å². The fourth-order valence-electron chi connectivity index (χ4n) is 2.27. The summed E-state index contributed by atoms with van der Waals surface area (Å²) in [5.41, 5.74) is -0.718. The van der Waals surface area contributed by atoms with Gasteiger partial charge in [-0.2, -0.15) is 0 Å². The first-order valence-corrected chi connectivity index (χ1v) is 5.17. The third kappa shape index (κ3) is 1.77. The van der Waals surface area contributed by atoms with E-state index in [4.69, 9.17) is 0 Å². The average molecular weight is 212 g/mol. The molecule has 2 rings (SSSR count). The van der Waals surface area contributed by atoms with Gasteiger partial charge in [0.15, 0.2) is 0 Å². The van der Waals surface area contributed by atoms with Crippen molar-refractivity contribution in [2.75, 3.05) is 20.1 Å². The predicted molar refractivity (Wildman–Crippen MR) is 53.0 cm³/mol. The van der Waals surface area contributed by atoms with Gasteiger partial charge in [0.2, 0.25) is 11.8 Å². The Kier molecular flexibility index (Phi) is 2.31. The molecule has 0 spiro atoms. The zero-order valence-corrected chi connectivity index (χ0v) is 9.06. The number of aliphatic hydroxyl groups is 1. The van der Waals surface area contributed by atoms with Crippen LogP contribution < -0.4 is 0 Å². The van der Waals surface area contributed by atoms with Gasteiger partial charge in [-0.1, -0.05) is 0 Å². The second-order valence-corrected chi connectivity index (χ2v) is 4.73. The number of β-amino-alcohol motifs (C(OH)–C–C–N with tert-alkyl or cyclic N) is 1. The lowest BCUT2D eigenvalue weighted by Crippen LogP contribution is -2.41. The molecule has 2 fully saturated rings. The van der Waals surface area contributed by atoms with E-state index in [9.17, 15) is 14.7 Å². The lowest BCUT2D eigenvalue weighted by atomic mass is 10.1. The first kappa shape index (κ1) is 10.6. The summed E-state index contributed by atoms with van der Waals surface area (Å²) < 4.78 is 0. The maximum atomic E-state index is 11.7. The van der Waals surface area contributed by atoms with Crippen molar-refractivity contribution in [2.24, 2.45) is 0 Å². The van der Waals surface area contributed by atoms with Gasteiger partial charge in [0.05, 0.1) is 18.1 Å². The molecule has 2 aliphatic heterocycles. The molecule has 0 aromatic carbocycles. The summed E-state index contributed by atoms with van der Waals surface area (Å²) in [5.74, 6) is -0.269. The Morgan fingerprint density at radius 2 is 2.13 bits per heavy atom. The number of hydrogen-bond acceptors (Lipinski definition) is 4. The lowest BCUT2D eigenvalue weighted by molar-refractivity contribution is -0.138. The zero-order chi connectivity index (χ0) is 11.2. The summed E-state index contributed by atoms with van der Waals surface area (Å²) >= 11 is 0. The molecule has 2 heterocycles. The van der Waals surface area contributed by atoms with E-state index in [0.717, 1.165) is 0 Å². The lowest BCUT2D eigenvalue weighted by Gasteiger charge is -2.22. The molecular weight excluding hydrogens is 196 g/mol. The van der Waals surface area contributed by atoms with Gasteiger partial charge < -0.3 is 5.11 Å². The molecule has 1 N–H and O–H groups in total. The standard InChI is InChI=1S/C10H16N2O3/c1-10(15)3-4-12(6-10)7-5-8(13)11(2)9(7)14/h7,15H,3-6H2,1-2H3. The van der Waals surface area contributed by atoms with Gasteiger partial charge in [-0.25, -0.2) is 0 Å². The minimum Gasteiger partial charge on any atom is -0.389 e. The highest BCUT2D eigenvalue weighted by Crippen LogP contribution is 2.26. The Balaban J connectivity index is 2.08. The number of imide groups is 1. The van der Waals surface area contributed by atoms with E-state index in [2.05, 4.69) is 0 Å². The van der Waals surface area contributed by atoms with E-state index in [1.165, 1.54) is 11.9 Å². The monoisotopic (exact) mass is 212 g/mol. The Hall–Kier alpha value is -0.940. The van der Waals surface area contributed by atoms with Gasteiger partial charge in [-0.15, -0.1) is 0 Å². The first-order chi connectivity index (χ1) is 6.91. The summed E-state index contributed by atoms with van der Waals surface area (Å²) in [4.78, 5) is 26.1. The summed E-state index contributed by atoms with van der Waals surface area (Å²) in [7, 11) is 1.51. The van der Waals surface area contributed by atoms with Crippen molar-refractivity contribution in [1.29, 1.82) is 0 Å². The quantitative estimate of drug-likeness (QED) is 0.578. The number of likely N-dealkylation sites (tertiary alicyclic amines) is 2. The number of likely N-dealkylation sites (N-methyl/N-ethyl adjacent to an activating group) is 1. The zero-order valence-electron chi connectivity index (χ0n) is 9.06. The van der Waals surface area contributed by atoms with Crippen LogP contribution in [0.1, 0.15) is 19.8 Å². The molecule has 0 saturated carbocycles. The van der Waals surface area contributed by atoms with E-state index in [0.29, 0.717) is 19.5 Å². The van der Waals surface area contributed by atoms with Crippen LogP contribution in [-0.4, -0.2) is 58.5 Å². The van der Waals surface area contributed by atoms with Crippen molar-refractivity contribution in [1.82, 2.24) is 9.80 Å². The number of nitrogens with zero attached hydrogens (tertiary/aromatic N) is 2. The number of hydrogen-bond donors (Lipinski definition) is 1. The van der Waals surface area contributed by atoms with E-state index in [1.807, 2.05) is 4.90 Å². The summed E-state index contributed by atoms with van der Waals surface area (Å²) in [6, 6.07) is -0.350. The highest BCUT2D eigenvalue weighted by molar-refractivity contribution is 6.05. The maximum absolute atomic E-state index is 11.7. The second-order valence-electron chi connectivity index (χ2n) is 4.73. The minimum absolute atomic E-state index is 0.128. The molecule has 2 saturated heterocycles. The second kappa shape index (κ2) is 3.28. The summed E-state index contributed by atoms with van der Waals surface area (Å²) in [6.45, 7) is 2.92. The molecule has 0 aromatic heterocycles. The smallest absolute Gasteiger partial charge is 0.246 e. The van der Waals surface area contributed by atoms with E-state index < -0.39 is 5.60 Å². The number of rotatable bonds is 1. The van der Waals surface area contributed by atoms with Crippen LogP contribution in [0.25, 0.3) is 0 Å². The van der Waals surface area contributed by atoms with Crippen LogP contribution in [0.15, 0.2) is 0 Å². The van der Waals surface area contributed by atoms with Crippen LogP contribution in [0.2, 0.25) is 0 Å². The topological polar surface area (TPSA) is 60.9 Å². The molecule has 0 aliphatic carbocycles. The van der Waals surface area contributed by atoms with Gasteiger partial charge in [0.25, 0.3) is 0 Å². The van der Waals surface area contributed by atoms with Crippen LogP contribution in [0.3, 0.4) is 0 Å². The maximum Gasteiger partial charge on any atom is 0.246 e. The largest absolute Gasteiger partial charge is 0.389 e. The molecule has 2 atom stereocenters. The van der Waals surface area contributed by atoms with Crippen LogP contribution in [0.4, 0.5) is 0 Å². The van der Waals surface area contributed by atoms with Gasteiger partial charge in [0, 0.05) is 20.1 Å². The molecule has 0 aromatic rings. The van der Waals surface area contributed by atoms with Crippen LogP contribution in [0, 0.1) is 0 Å². The van der Waals surface area contributed by atoms with Crippen molar-refractivity contribution in [3.63, 3.8) is 0 Å². The molecular formula is C10H16N2O3. The number of carbonyl (C=O) groups excluding carboxylic acids is 2. The van der Waals surface area contributed by atoms with E-state index in [1.54, 1.807) is 6.92 Å². The number of amides is 2. The van der Waals surface area contributed by atoms with Crippen LogP contribution >= 0.6 is 0 Å². The fraction of sp³-hybridized carbons (Fsp3) is 0.800. The van der Waals surface area contributed by atoms with Crippen molar-refractivity contribution in [3.05, 3.63) is 0 Å². The highest BCUT2D eigenvalue weighted by Gasteiger charge is 2.44. The Morgan fingerprint density at radius 3 is 2.53 bits per heavy atom. The molecule has 2 aliphatic rings. The SMILES string of the molecule is CN1C(=O)CC(N2CCC(C)(O)C2)C1=O. The van der Waals surface area contributed by atoms with Crippen LogP contribution in [0.5, 0.6) is 0 Å². The Bertz CT molecular complexity index is 314. The highest BCUT2D eigenvalue weighted by atomic mass is 16.3. The van der Waals surface area contributed by atoms with Crippen molar-refractivity contribution < 1.29 is 14.7 Å². The Labute approximate surface area is 88.6 Å². The van der Waals surface area contributed by atoms with Crippen molar-refractivity contribution in [2.45, 2.75) is 31.4 Å². The van der Waals surface area contributed by atoms with Gasteiger partial charge in [-0.3, -0.25) is 19.4 Å². The van der Waals surface area contributed by atoms with Gasteiger partial charge in [0.1, 0.15) is 0 Å². The molecule has 5 nitrogen and oxygen atoms in total. The third-order valence-corrected chi connectivity index (χ3v) is 3.28. The predicted octanol–water partition coefficient (Wildman–Crippen LogP) is -0.800. The molecule has 15 heavy (non-hydrogen) atoms. The van der Waals surface area contributed by atoms with Gasteiger partial charge >= 0.3 is 0 Å². The third-order valence-electron chi connectivity index (χ3n) is 3.28. The number of carbonyl (C=O) groups is 2. The van der Waals surface area contributed by atoms with Gasteiger partial charge in [-0.05, 0) is 13.3 Å². The fourth-order valence-corrected chi connectivity index (χ4v) is 2.27. The summed E-state index contributed by atoms with van der Waals surface area (Å²) in [5, 5.41) is 9.79. The van der Waals surface area contributed by atoms with E-state index >= 15 is 0 Å². The first-order valence-electron chi connectivity index (χ1n) is 5.17. The molecule has 2 unspecified atom stereocenters. The summed E-state index contributed by atoms with van der Waals surface area (Å²) in [6.07, 6.45) is 0.917. The molecule has 2 amide bonds. The Morgan fingerprint density at radius 1 is 1.47 bits per heavy atom. The average Bonchev–Trinajstić information content (AvgIpc) is 2.62. The van der Waals surface area contributed by atoms with Crippen LogP contribution in [-0.2, 0) is 9.59 Å². The molecule has 0 bridgehead atoms. The minimum atomic E-state index is -0.718. The molecule has 0 radical (unpaired) electrons. The molecule has 5 heteroatoms.